The largest absolute Gasteiger partial charge is 0.444 e. The Bertz CT molecular complexity index is 633. The third kappa shape index (κ3) is 3.87. The second kappa shape index (κ2) is 6.94. The average Bonchev–Trinajstić information content (AvgIpc) is 2.97. The summed E-state index contributed by atoms with van der Waals surface area (Å²) in [5, 5.41) is 6.96. The predicted molar refractivity (Wildman–Crippen MR) is 84.7 cm³/mol. The lowest BCUT2D eigenvalue weighted by atomic mass is 10.1. The van der Waals surface area contributed by atoms with Gasteiger partial charge in [0.1, 0.15) is 6.26 Å². The summed E-state index contributed by atoms with van der Waals surface area (Å²) in [6.45, 7) is 1.86. The van der Waals surface area contributed by atoms with Crippen LogP contribution in [0.25, 0.3) is 11.5 Å². The van der Waals surface area contributed by atoms with E-state index in [0.717, 1.165) is 31.5 Å². The number of hydrogen-bond donors (Lipinski definition) is 2. The summed E-state index contributed by atoms with van der Waals surface area (Å²) in [7, 11) is 0. The second-order valence-electron chi connectivity index (χ2n) is 5.44. The molecule has 0 unspecified atom stereocenters. The molecule has 0 saturated carbocycles. The number of rotatable bonds is 4. The number of carbonyl (C=O) groups excluding carboxylic acids is 1. The van der Waals surface area contributed by atoms with Gasteiger partial charge in [0.05, 0.1) is 12.1 Å². The van der Waals surface area contributed by atoms with Crippen LogP contribution < -0.4 is 10.6 Å². The van der Waals surface area contributed by atoms with Gasteiger partial charge in [-0.2, -0.15) is 0 Å². The number of carbonyl (C=O) groups is 1. The smallest absolute Gasteiger partial charge is 0.226 e. The van der Waals surface area contributed by atoms with E-state index in [1.54, 1.807) is 12.1 Å². The molecule has 6 heteroatoms. The molecule has 1 amide bonds. The number of amides is 1. The van der Waals surface area contributed by atoms with E-state index in [2.05, 4.69) is 15.6 Å². The van der Waals surface area contributed by atoms with Gasteiger partial charge in [0.25, 0.3) is 0 Å². The number of nitrogens with zero attached hydrogens (tertiary/aromatic N) is 1. The zero-order valence-corrected chi connectivity index (χ0v) is 12.9. The first-order valence-electron chi connectivity index (χ1n) is 7.41. The summed E-state index contributed by atoms with van der Waals surface area (Å²) in [5.74, 6) is 0.475. The third-order valence-corrected chi connectivity index (χ3v) is 3.90. The molecule has 0 spiro atoms. The summed E-state index contributed by atoms with van der Waals surface area (Å²) in [4.78, 5) is 16.4. The fourth-order valence-electron chi connectivity index (χ4n) is 2.53. The van der Waals surface area contributed by atoms with Crippen molar-refractivity contribution in [2.24, 2.45) is 0 Å². The number of hydrogen-bond acceptors (Lipinski definition) is 4. The van der Waals surface area contributed by atoms with E-state index in [1.807, 2.05) is 12.1 Å². The van der Waals surface area contributed by atoms with Gasteiger partial charge in [-0.25, -0.2) is 4.98 Å². The normalized spacial score (nSPS) is 18.1. The Morgan fingerprint density at radius 3 is 2.95 bits per heavy atom. The molecule has 1 saturated heterocycles. The van der Waals surface area contributed by atoms with Gasteiger partial charge in [-0.3, -0.25) is 4.79 Å². The predicted octanol–water partition coefficient (Wildman–Crippen LogP) is 2.41. The Kier molecular flexibility index (Phi) is 4.75. The fourth-order valence-corrected chi connectivity index (χ4v) is 2.66. The number of aromatic nitrogens is 1. The molecule has 0 aliphatic carbocycles. The van der Waals surface area contributed by atoms with Crippen molar-refractivity contribution in [2.45, 2.75) is 25.3 Å². The van der Waals surface area contributed by atoms with E-state index < -0.39 is 0 Å². The third-order valence-electron chi connectivity index (χ3n) is 3.65. The van der Waals surface area contributed by atoms with Crippen LogP contribution in [0.2, 0.25) is 5.02 Å². The minimum Gasteiger partial charge on any atom is -0.444 e. The van der Waals surface area contributed by atoms with Crippen molar-refractivity contribution >= 4 is 17.5 Å². The Hall–Kier alpha value is -1.85. The van der Waals surface area contributed by atoms with Crippen LogP contribution in [-0.4, -0.2) is 30.0 Å². The van der Waals surface area contributed by atoms with E-state index in [0.29, 0.717) is 16.6 Å². The summed E-state index contributed by atoms with van der Waals surface area (Å²) in [6, 6.07) is 7.45. The highest BCUT2D eigenvalue weighted by atomic mass is 35.5. The summed E-state index contributed by atoms with van der Waals surface area (Å²) in [6.07, 6.45) is 3.87. The van der Waals surface area contributed by atoms with Crippen LogP contribution in [0.5, 0.6) is 0 Å². The van der Waals surface area contributed by atoms with Gasteiger partial charge < -0.3 is 15.1 Å². The van der Waals surface area contributed by atoms with Crippen molar-refractivity contribution in [1.82, 2.24) is 15.6 Å². The maximum absolute atomic E-state index is 12.0. The highest BCUT2D eigenvalue weighted by Crippen LogP contribution is 2.21. The molecular formula is C16H18ClN3O2. The Morgan fingerprint density at radius 2 is 2.23 bits per heavy atom. The van der Waals surface area contributed by atoms with Crippen molar-refractivity contribution in [1.29, 1.82) is 0 Å². The van der Waals surface area contributed by atoms with Gasteiger partial charge >= 0.3 is 0 Å². The number of oxazole rings is 1. The van der Waals surface area contributed by atoms with Crippen LogP contribution in [0.3, 0.4) is 0 Å². The standard InChI is InChI=1S/C16H18ClN3O2/c17-12-5-3-11(4-6-12)16-20-14(10-22-16)8-15(21)19-13-2-1-7-18-9-13/h3-6,10,13,18H,1-2,7-9H2,(H,19,21)/t13-/m0/s1. The lowest BCUT2D eigenvalue weighted by Gasteiger charge is -2.23. The monoisotopic (exact) mass is 319 g/mol. The number of nitrogens with one attached hydrogen (secondary N) is 2. The molecule has 2 heterocycles. The number of halogens is 1. The molecule has 2 N–H and O–H groups in total. The van der Waals surface area contributed by atoms with Crippen LogP contribution in [0, 0.1) is 0 Å². The van der Waals surface area contributed by atoms with Crippen LogP contribution in [0.1, 0.15) is 18.5 Å². The first-order valence-corrected chi connectivity index (χ1v) is 7.79. The molecule has 1 aromatic heterocycles. The highest BCUT2D eigenvalue weighted by molar-refractivity contribution is 6.30. The molecule has 1 aliphatic heterocycles. The Morgan fingerprint density at radius 1 is 1.41 bits per heavy atom. The second-order valence-corrected chi connectivity index (χ2v) is 5.87. The van der Waals surface area contributed by atoms with Gasteiger partial charge in [-0.05, 0) is 43.7 Å². The van der Waals surface area contributed by atoms with E-state index in [9.17, 15) is 4.79 Å². The van der Waals surface area contributed by atoms with Gasteiger partial charge in [0, 0.05) is 23.2 Å². The molecule has 116 valence electrons. The average molecular weight is 320 g/mol. The lowest BCUT2D eigenvalue weighted by Crippen LogP contribution is -2.46. The van der Waals surface area contributed by atoms with Crippen molar-refractivity contribution in [3.63, 3.8) is 0 Å². The molecule has 3 rings (SSSR count). The molecule has 1 fully saturated rings. The van der Waals surface area contributed by atoms with Crippen molar-refractivity contribution in [3.05, 3.63) is 41.2 Å². The van der Waals surface area contributed by atoms with Crippen LogP contribution in [0.4, 0.5) is 0 Å². The van der Waals surface area contributed by atoms with E-state index >= 15 is 0 Å². The molecule has 0 bridgehead atoms. The zero-order valence-electron chi connectivity index (χ0n) is 12.1. The molecule has 0 radical (unpaired) electrons. The van der Waals surface area contributed by atoms with Crippen LogP contribution in [-0.2, 0) is 11.2 Å². The quantitative estimate of drug-likeness (QED) is 0.908. The SMILES string of the molecule is O=C(Cc1coc(-c2ccc(Cl)cc2)n1)N[C@H]1CCCNC1. The molecule has 1 atom stereocenters. The maximum Gasteiger partial charge on any atom is 0.226 e. The summed E-state index contributed by atoms with van der Waals surface area (Å²) < 4.78 is 5.43. The van der Waals surface area contributed by atoms with E-state index in [1.165, 1.54) is 6.26 Å². The Balaban J connectivity index is 1.59. The minimum atomic E-state index is -0.0235. The lowest BCUT2D eigenvalue weighted by molar-refractivity contribution is -0.121. The molecule has 22 heavy (non-hydrogen) atoms. The maximum atomic E-state index is 12.0. The van der Waals surface area contributed by atoms with Crippen molar-refractivity contribution in [3.8, 4) is 11.5 Å². The van der Waals surface area contributed by atoms with Gasteiger partial charge in [0.15, 0.2) is 0 Å². The zero-order chi connectivity index (χ0) is 15.4. The summed E-state index contributed by atoms with van der Waals surface area (Å²) in [5.41, 5.74) is 1.47. The first kappa shape index (κ1) is 15.1. The molecule has 1 aliphatic rings. The summed E-state index contributed by atoms with van der Waals surface area (Å²) >= 11 is 5.86. The van der Waals surface area contributed by atoms with Crippen LogP contribution in [0.15, 0.2) is 34.9 Å². The minimum absolute atomic E-state index is 0.0235. The molecule has 2 aromatic rings. The van der Waals surface area contributed by atoms with E-state index in [4.69, 9.17) is 16.0 Å². The fraction of sp³-hybridized carbons (Fsp3) is 0.375. The molecule has 5 nitrogen and oxygen atoms in total. The highest BCUT2D eigenvalue weighted by Gasteiger charge is 2.16. The Labute approximate surface area is 134 Å². The number of benzene rings is 1. The molecular weight excluding hydrogens is 302 g/mol. The van der Waals surface area contributed by atoms with Gasteiger partial charge in [-0.15, -0.1) is 0 Å². The van der Waals surface area contributed by atoms with Gasteiger partial charge in [-0.1, -0.05) is 11.6 Å². The first-order chi connectivity index (χ1) is 10.7. The van der Waals surface area contributed by atoms with E-state index in [-0.39, 0.29) is 18.4 Å². The molecule has 1 aromatic carbocycles. The van der Waals surface area contributed by atoms with Gasteiger partial charge in [0.2, 0.25) is 11.8 Å². The van der Waals surface area contributed by atoms with Crippen molar-refractivity contribution in [2.75, 3.05) is 13.1 Å². The topological polar surface area (TPSA) is 67.2 Å². The van der Waals surface area contributed by atoms with Crippen LogP contribution >= 0.6 is 11.6 Å². The van der Waals surface area contributed by atoms with Crippen molar-refractivity contribution < 1.29 is 9.21 Å². The number of piperidine rings is 1.